The van der Waals surface area contributed by atoms with Crippen LogP contribution >= 0.6 is 0 Å². The molecule has 8 heteroatoms. The molecule has 0 atom stereocenters. The lowest BCUT2D eigenvalue weighted by molar-refractivity contribution is -0.138. The van der Waals surface area contributed by atoms with Crippen molar-refractivity contribution in [1.82, 2.24) is 9.62 Å². The summed E-state index contributed by atoms with van der Waals surface area (Å²) in [6.07, 6.45) is -0.371. The van der Waals surface area contributed by atoms with Gasteiger partial charge in [0.1, 0.15) is 0 Å². The Kier molecular flexibility index (Phi) is 6.28. The van der Waals surface area contributed by atoms with Crippen LogP contribution in [0.15, 0.2) is 23.1 Å². The van der Waals surface area contributed by atoms with Gasteiger partial charge in [-0.2, -0.15) is 13.2 Å². The third-order valence-corrected chi connectivity index (χ3v) is 5.68. The van der Waals surface area contributed by atoms with E-state index in [0.29, 0.717) is 12.5 Å². The number of halogens is 3. The molecule has 4 nitrogen and oxygen atoms in total. The smallest absolute Gasteiger partial charge is 0.303 e. The van der Waals surface area contributed by atoms with Gasteiger partial charge in [-0.1, -0.05) is 12.5 Å². The van der Waals surface area contributed by atoms with Gasteiger partial charge in [0.25, 0.3) is 0 Å². The lowest BCUT2D eigenvalue weighted by Crippen LogP contribution is -2.33. The second kappa shape index (κ2) is 7.84. The molecule has 136 valence electrons. The van der Waals surface area contributed by atoms with Crippen LogP contribution in [0, 0.1) is 6.92 Å². The Morgan fingerprint density at radius 2 is 1.83 bits per heavy atom. The number of nitrogens with zero attached hydrogens (tertiary/aromatic N) is 1. The molecule has 1 aliphatic heterocycles. The third-order valence-electron chi connectivity index (χ3n) is 4.22. The SMILES string of the molecule is Cc1ccc(S(=O)(=O)NCCCN2CCCCC2)cc1C(F)(F)F. The predicted molar refractivity (Wildman–Crippen MR) is 86.3 cm³/mol. The molecule has 0 spiro atoms. The molecule has 0 amide bonds. The predicted octanol–water partition coefficient (Wildman–Crippen LogP) is 3.17. The van der Waals surface area contributed by atoms with E-state index in [1.54, 1.807) is 0 Å². The van der Waals surface area contributed by atoms with E-state index in [1.807, 2.05) is 0 Å². The first-order chi connectivity index (χ1) is 11.2. The highest BCUT2D eigenvalue weighted by atomic mass is 32.2. The van der Waals surface area contributed by atoms with Crippen LogP contribution in [-0.4, -0.2) is 39.5 Å². The molecule has 2 rings (SSSR count). The van der Waals surface area contributed by atoms with E-state index >= 15 is 0 Å². The van der Waals surface area contributed by atoms with Gasteiger partial charge >= 0.3 is 6.18 Å². The second-order valence-electron chi connectivity index (χ2n) is 6.13. The fraction of sp³-hybridized carbons (Fsp3) is 0.625. The van der Waals surface area contributed by atoms with Crippen LogP contribution in [-0.2, 0) is 16.2 Å². The molecule has 1 aliphatic rings. The van der Waals surface area contributed by atoms with Crippen LogP contribution in [0.5, 0.6) is 0 Å². The highest BCUT2D eigenvalue weighted by Crippen LogP contribution is 2.33. The number of sulfonamides is 1. The summed E-state index contributed by atoms with van der Waals surface area (Å²) in [6.45, 7) is 4.38. The van der Waals surface area contributed by atoms with Crippen molar-refractivity contribution in [2.75, 3.05) is 26.2 Å². The van der Waals surface area contributed by atoms with Crippen molar-refractivity contribution in [3.8, 4) is 0 Å². The summed E-state index contributed by atoms with van der Waals surface area (Å²) in [6, 6.07) is 3.09. The van der Waals surface area contributed by atoms with E-state index in [2.05, 4.69) is 9.62 Å². The summed E-state index contributed by atoms with van der Waals surface area (Å²) >= 11 is 0. The van der Waals surface area contributed by atoms with Gasteiger partial charge in [-0.25, -0.2) is 13.1 Å². The number of rotatable bonds is 6. The van der Waals surface area contributed by atoms with Gasteiger partial charge in [-0.05, 0) is 63.5 Å². The van der Waals surface area contributed by atoms with E-state index in [4.69, 9.17) is 0 Å². The second-order valence-corrected chi connectivity index (χ2v) is 7.90. The van der Waals surface area contributed by atoms with Crippen molar-refractivity contribution in [1.29, 1.82) is 0 Å². The molecule has 0 saturated carbocycles. The lowest BCUT2D eigenvalue weighted by Gasteiger charge is -2.26. The summed E-state index contributed by atoms with van der Waals surface area (Å²) in [5.41, 5.74) is -0.912. The fourth-order valence-corrected chi connectivity index (χ4v) is 3.95. The van der Waals surface area contributed by atoms with Crippen molar-refractivity contribution >= 4 is 10.0 Å². The summed E-state index contributed by atoms with van der Waals surface area (Å²) in [7, 11) is -3.93. The molecule has 1 heterocycles. The van der Waals surface area contributed by atoms with E-state index in [-0.39, 0.29) is 17.0 Å². The van der Waals surface area contributed by atoms with Gasteiger partial charge in [0, 0.05) is 6.54 Å². The van der Waals surface area contributed by atoms with Gasteiger partial charge in [-0.3, -0.25) is 0 Å². The quantitative estimate of drug-likeness (QED) is 0.789. The van der Waals surface area contributed by atoms with Gasteiger partial charge < -0.3 is 4.90 Å². The van der Waals surface area contributed by atoms with Gasteiger partial charge in [0.15, 0.2) is 0 Å². The van der Waals surface area contributed by atoms with Gasteiger partial charge in [0.2, 0.25) is 10.0 Å². The molecule has 1 aromatic carbocycles. The number of nitrogens with one attached hydrogen (secondary N) is 1. The largest absolute Gasteiger partial charge is 0.416 e. The molecule has 1 N–H and O–H groups in total. The topological polar surface area (TPSA) is 49.4 Å². The average Bonchev–Trinajstić information content (AvgIpc) is 2.52. The fourth-order valence-electron chi connectivity index (χ4n) is 2.85. The Morgan fingerprint density at radius 1 is 1.17 bits per heavy atom. The Labute approximate surface area is 141 Å². The highest BCUT2D eigenvalue weighted by Gasteiger charge is 2.33. The minimum absolute atomic E-state index is 0.00606. The standard InChI is InChI=1S/C16H23F3N2O2S/c1-13-6-7-14(12-15(13)16(17,18)19)24(22,23)20-8-5-11-21-9-3-2-4-10-21/h6-7,12,20H,2-5,8-11H2,1H3. The van der Waals surface area contributed by atoms with E-state index in [0.717, 1.165) is 32.5 Å². The summed E-state index contributed by atoms with van der Waals surface area (Å²) < 4.78 is 65.5. The number of alkyl halides is 3. The van der Waals surface area contributed by atoms with E-state index < -0.39 is 21.8 Å². The molecule has 1 fully saturated rings. The van der Waals surface area contributed by atoms with E-state index in [1.165, 1.54) is 25.5 Å². The normalized spacial score (nSPS) is 17.2. The molecule has 0 unspecified atom stereocenters. The van der Waals surface area contributed by atoms with Crippen LogP contribution in [0.2, 0.25) is 0 Å². The Morgan fingerprint density at radius 3 is 2.46 bits per heavy atom. The number of likely N-dealkylation sites (tertiary alicyclic amines) is 1. The minimum Gasteiger partial charge on any atom is -0.303 e. The molecular formula is C16H23F3N2O2S. The maximum atomic E-state index is 12.9. The molecule has 0 bridgehead atoms. The minimum atomic E-state index is -4.57. The zero-order chi connectivity index (χ0) is 17.8. The zero-order valence-electron chi connectivity index (χ0n) is 13.7. The van der Waals surface area contributed by atoms with E-state index in [9.17, 15) is 21.6 Å². The van der Waals surface area contributed by atoms with Crippen LogP contribution in [0.3, 0.4) is 0 Å². The van der Waals surface area contributed by atoms with Gasteiger partial charge in [-0.15, -0.1) is 0 Å². The molecule has 1 saturated heterocycles. The number of piperidine rings is 1. The first-order valence-corrected chi connectivity index (χ1v) is 9.58. The van der Waals surface area contributed by atoms with Crippen LogP contribution in [0.4, 0.5) is 13.2 Å². The maximum Gasteiger partial charge on any atom is 0.416 e. The number of aryl methyl sites for hydroxylation is 1. The molecule has 0 aromatic heterocycles. The summed E-state index contributed by atoms with van der Waals surface area (Å²) in [5, 5.41) is 0. The summed E-state index contributed by atoms with van der Waals surface area (Å²) in [5.74, 6) is 0. The molecule has 0 radical (unpaired) electrons. The zero-order valence-corrected chi connectivity index (χ0v) is 14.5. The van der Waals surface area contributed by atoms with Crippen LogP contribution < -0.4 is 4.72 Å². The number of hydrogen-bond acceptors (Lipinski definition) is 3. The first kappa shape index (κ1) is 19.2. The lowest BCUT2D eigenvalue weighted by atomic mass is 10.1. The molecular weight excluding hydrogens is 341 g/mol. The van der Waals surface area contributed by atoms with Crippen LogP contribution in [0.1, 0.15) is 36.8 Å². The highest BCUT2D eigenvalue weighted by molar-refractivity contribution is 7.89. The maximum absolute atomic E-state index is 12.9. The van der Waals surface area contributed by atoms with Crippen molar-refractivity contribution in [3.05, 3.63) is 29.3 Å². The number of hydrogen-bond donors (Lipinski definition) is 1. The summed E-state index contributed by atoms with van der Waals surface area (Å²) in [4.78, 5) is 1.93. The molecule has 0 aliphatic carbocycles. The van der Waals surface area contributed by atoms with Crippen molar-refractivity contribution in [2.45, 2.75) is 43.7 Å². The average molecular weight is 364 g/mol. The molecule has 24 heavy (non-hydrogen) atoms. The van der Waals surface area contributed by atoms with Crippen molar-refractivity contribution in [3.63, 3.8) is 0 Å². The molecule has 1 aromatic rings. The third kappa shape index (κ3) is 5.19. The van der Waals surface area contributed by atoms with Crippen molar-refractivity contribution < 1.29 is 21.6 Å². The van der Waals surface area contributed by atoms with Crippen LogP contribution in [0.25, 0.3) is 0 Å². The monoisotopic (exact) mass is 364 g/mol. The Balaban J connectivity index is 1.95. The Bertz CT molecular complexity index is 654. The Hall–Kier alpha value is -1.12. The van der Waals surface area contributed by atoms with Crippen molar-refractivity contribution in [2.24, 2.45) is 0 Å². The van der Waals surface area contributed by atoms with Gasteiger partial charge in [0.05, 0.1) is 10.5 Å². The number of benzene rings is 1. The first-order valence-electron chi connectivity index (χ1n) is 8.10.